The quantitative estimate of drug-likeness (QED) is 0.557. The van der Waals surface area contributed by atoms with Gasteiger partial charge in [-0.15, -0.1) is 5.10 Å². The normalized spacial score (nSPS) is 15.0. The molecule has 0 spiro atoms. The van der Waals surface area contributed by atoms with E-state index in [9.17, 15) is 0 Å². The maximum absolute atomic E-state index is 6.05. The number of rotatable bonds is 5. The molecule has 4 aromatic rings. The van der Waals surface area contributed by atoms with Crippen LogP contribution in [0.3, 0.4) is 0 Å². The highest BCUT2D eigenvalue weighted by Crippen LogP contribution is 2.31. The third-order valence-electron chi connectivity index (χ3n) is 5.35. The fourth-order valence-electron chi connectivity index (χ4n) is 3.87. The number of aromatic amines is 1. The van der Waals surface area contributed by atoms with Crippen LogP contribution < -0.4 is 10.1 Å². The fraction of sp³-hybridized carbons (Fsp3) is 0.350. The number of hydrogen-bond donors (Lipinski definition) is 2. The van der Waals surface area contributed by atoms with Crippen LogP contribution in [0, 0.1) is 5.92 Å². The molecule has 0 unspecified atom stereocenters. The molecule has 5 rings (SSSR count). The number of nitrogens with zero attached hydrogens (tertiary/aromatic N) is 4. The van der Waals surface area contributed by atoms with Crippen LogP contribution >= 0.6 is 0 Å². The van der Waals surface area contributed by atoms with Crippen molar-refractivity contribution >= 4 is 33.4 Å². The van der Waals surface area contributed by atoms with Crippen molar-refractivity contribution in [1.29, 1.82) is 0 Å². The predicted molar refractivity (Wildman–Crippen MR) is 105 cm³/mol. The van der Waals surface area contributed by atoms with Crippen LogP contribution in [0.5, 0.6) is 5.88 Å². The lowest BCUT2D eigenvalue weighted by Gasteiger charge is -2.09. The zero-order valence-corrected chi connectivity index (χ0v) is 15.3. The van der Waals surface area contributed by atoms with E-state index in [0.29, 0.717) is 11.6 Å². The first-order valence-electron chi connectivity index (χ1n) is 9.43. The van der Waals surface area contributed by atoms with Crippen LogP contribution in [0.25, 0.3) is 21.9 Å². The monoisotopic (exact) mass is 362 g/mol. The van der Waals surface area contributed by atoms with Gasteiger partial charge in [0.15, 0.2) is 5.65 Å². The first-order valence-corrected chi connectivity index (χ1v) is 9.43. The molecule has 1 aromatic carbocycles. The smallest absolute Gasteiger partial charge is 0.240 e. The molecule has 3 aromatic heterocycles. The topological polar surface area (TPSA) is 80.6 Å². The zero-order valence-electron chi connectivity index (χ0n) is 15.3. The van der Waals surface area contributed by atoms with Crippen molar-refractivity contribution in [3.63, 3.8) is 0 Å². The van der Waals surface area contributed by atoms with E-state index in [1.165, 1.54) is 25.7 Å². The Hall–Kier alpha value is -3.09. The molecule has 3 heterocycles. The third-order valence-corrected chi connectivity index (χ3v) is 5.35. The molecule has 27 heavy (non-hydrogen) atoms. The summed E-state index contributed by atoms with van der Waals surface area (Å²) < 4.78 is 7.92. The van der Waals surface area contributed by atoms with Crippen molar-refractivity contribution in [3.05, 3.63) is 36.5 Å². The number of benzene rings is 1. The zero-order chi connectivity index (χ0) is 18.2. The van der Waals surface area contributed by atoms with Gasteiger partial charge >= 0.3 is 0 Å². The van der Waals surface area contributed by atoms with Gasteiger partial charge in [-0.2, -0.15) is 5.10 Å². The van der Waals surface area contributed by atoms with Crippen LogP contribution in [0.2, 0.25) is 0 Å². The highest BCUT2D eigenvalue weighted by molar-refractivity contribution is 5.92. The van der Waals surface area contributed by atoms with Crippen LogP contribution in [0.4, 0.5) is 11.5 Å². The summed E-state index contributed by atoms with van der Waals surface area (Å²) >= 11 is 0. The second-order valence-corrected chi connectivity index (χ2v) is 7.22. The van der Waals surface area contributed by atoms with Gasteiger partial charge in [0.05, 0.1) is 22.9 Å². The summed E-state index contributed by atoms with van der Waals surface area (Å²) in [6.45, 7) is 0.763. The summed E-state index contributed by atoms with van der Waals surface area (Å²) in [5.41, 5.74) is 2.69. The average Bonchev–Trinajstić information content (AvgIpc) is 3.41. The van der Waals surface area contributed by atoms with Crippen molar-refractivity contribution in [2.45, 2.75) is 25.7 Å². The van der Waals surface area contributed by atoms with E-state index in [4.69, 9.17) is 4.74 Å². The van der Waals surface area contributed by atoms with E-state index in [1.54, 1.807) is 6.20 Å². The SMILES string of the molecule is Cn1nc(OCC2CCCC2)c2ccc(Nc3[nH]nc4ncccc34)cc21. The van der Waals surface area contributed by atoms with Crippen LogP contribution in [-0.4, -0.2) is 31.6 Å². The highest BCUT2D eigenvalue weighted by atomic mass is 16.5. The molecule has 0 saturated heterocycles. The number of hydrogen-bond acceptors (Lipinski definition) is 5. The second kappa shape index (κ2) is 6.57. The molecule has 0 bridgehead atoms. The van der Waals surface area contributed by atoms with Gasteiger partial charge in [0.25, 0.3) is 0 Å². The number of fused-ring (bicyclic) bond motifs is 2. The second-order valence-electron chi connectivity index (χ2n) is 7.22. The fourth-order valence-corrected chi connectivity index (χ4v) is 3.87. The Bertz CT molecular complexity index is 1090. The predicted octanol–water partition coefficient (Wildman–Crippen LogP) is 4.16. The molecule has 0 radical (unpaired) electrons. The van der Waals surface area contributed by atoms with Crippen molar-refractivity contribution in [2.24, 2.45) is 13.0 Å². The summed E-state index contributed by atoms with van der Waals surface area (Å²) in [5, 5.41) is 17.2. The summed E-state index contributed by atoms with van der Waals surface area (Å²) in [7, 11) is 1.95. The number of aryl methyl sites for hydroxylation is 1. The number of anilines is 2. The maximum atomic E-state index is 6.05. The Balaban J connectivity index is 1.41. The van der Waals surface area contributed by atoms with Crippen LogP contribution in [0.1, 0.15) is 25.7 Å². The van der Waals surface area contributed by atoms with Gasteiger partial charge in [-0.1, -0.05) is 12.8 Å². The van der Waals surface area contributed by atoms with Crippen molar-refractivity contribution < 1.29 is 4.74 Å². The minimum atomic E-state index is 0.672. The Morgan fingerprint density at radius 1 is 1.22 bits per heavy atom. The lowest BCUT2D eigenvalue weighted by Crippen LogP contribution is -2.08. The molecule has 7 heteroatoms. The Morgan fingerprint density at radius 3 is 3.00 bits per heavy atom. The Labute approximate surface area is 156 Å². The summed E-state index contributed by atoms with van der Waals surface area (Å²) in [6.07, 6.45) is 6.92. The molecule has 7 nitrogen and oxygen atoms in total. The van der Waals surface area contributed by atoms with Gasteiger partial charge in [-0.05, 0) is 49.1 Å². The molecule has 2 N–H and O–H groups in total. The van der Waals surface area contributed by atoms with E-state index in [0.717, 1.165) is 40.3 Å². The van der Waals surface area contributed by atoms with E-state index in [-0.39, 0.29) is 0 Å². The molecule has 138 valence electrons. The summed E-state index contributed by atoms with van der Waals surface area (Å²) in [5.74, 6) is 2.23. The molecular formula is C20H22N6O. The van der Waals surface area contributed by atoms with Gasteiger partial charge in [0.2, 0.25) is 5.88 Å². The minimum absolute atomic E-state index is 0.672. The lowest BCUT2D eigenvalue weighted by molar-refractivity contribution is 0.244. The Kier molecular flexibility index (Phi) is 3.92. The first kappa shape index (κ1) is 16.1. The van der Waals surface area contributed by atoms with Gasteiger partial charge in [-0.25, -0.2) is 4.98 Å². The van der Waals surface area contributed by atoms with E-state index in [1.807, 2.05) is 29.9 Å². The highest BCUT2D eigenvalue weighted by Gasteiger charge is 2.18. The minimum Gasteiger partial charge on any atom is -0.476 e. The number of nitrogens with one attached hydrogen (secondary N) is 2. The van der Waals surface area contributed by atoms with E-state index >= 15 is 0 Å². The summed E-state index contributed by atoms with van der Waals surface area (Å²) in [6, 6.07) is 10.1. The van der Waals surface area contributed by atoms with Crippen molar-refractivity contribution in [2.75, 3.05) is 11.9 Å². The number of H-pyrrole nitrogens is 1. The van der Waals surface area contributed by atoms with E-state index in [2.05, 4.69) is 37.7 Å². The molecule has 0 aliphatic heterocycles. The molecule has 1 saturated carbocycles. The molecule has 0 amide bonds. The molecular weight excluding hydrogens is 340 g/mol. The number of ether oxygens (including phenoxy) is 1. The lowest BCUT2D eigenvalue weighted by atomic mass is 10.1. The van der Waals surface area contributed by atoms with Crippen LogP contribution in [0.15, 0.2) is 36.5 Å². The van der Waals surface area contributed by atoms with Gasteiger partial charge < -0.3 is 10.1 Å². The number of aromatic nitrogens is 5. The van der Waals surface area contributed by atoms with Gasteiger partial charge in [-0.3, -0.25) is 9.78 Å². The van der Waals surface area contributed by atoms with Gasteiger partial charge in [0.1, 0.15) is 5.82 Å². The average molecular weight is 362 g/mol. The maximum Gasteiger partial charge on any atom is 0.240 e. The Morgan fingerprint density at radius 2 is 2.11 bits per heavy atom. The molecule has 1 fully saturated rings. The summed E-state index contributed by atoms with van der Waals surface area (Å²) in [4.78, 5) is 4.25. The van der Waals surface area contributed by atoms with Crippen molar-refractivity contribution in [1.82, 2.24) is 25.0 Å². The van der Waals surface area contributed by atoms with Crippen LogP contribution in [-0.2, 0) is 7.05 Å². The molecule has 1 aliphatic carbocycles. The first-order chi connectivity index (χ1) is 13.3. The molecule has 1 aliphatic rings. The third kappa shape index (κ3) is 2.99. The molecule has 0 atom stereocenters. The standard InChI is InChI=1S/C20H22N6O/c1-26-17-11-14(22-19-16-7-4-10-21-18(16)23-24-19)8-9-15(17)20(25-26)27-12-13-5-2-3-6-13/h4,7-11,13H,2-3,5-6,12H2,1H3,(H2,21,22,23,24). The number of pyridine rings is 1. The van der Waals surface area contributed by atoms with Crippen molar-refractivity contribution in [3.8, 4) is 5.88 Å². The van der Waals surface area contributed by atoms with Gasteiger partial charge in [0, 0.05) is 18.9 Å². The largest absolute Gasteiger partial charge is 0.476 e. The van der Waals surface area contributed by atoms with E-state index < -0.39 is 0 Å².